The van der Waals surface area contributed by atoms with Gasteiger partial charge in [0.1, 0.15) is 0 Å². The molecule has 0 rings (SSSR count). The maximum Gasteiger partial charge on any atom is 0.0217 e. The Bertz CT molecular complexity index is 79.3. The molecule has 0 aromatic rings. The molecule has 2 heteroatoms. The Labute approximate surface area is 72.3 Å². The minimum Gasteiger partial charge on any atom is -0.0938 e. The van der Waals surface area contributed by atoms with E-state index in [2.05, 4.69) is 26.0 Å². The molecule has 0 amide bonds. The van der Waals surface area contributed by atoms with Crippen LogP contribution in [0.2, 0.25) is 0 Å². The maximum absolute atomic E-state index is 2.23. The zero-order valence-corrected chi connectivity index (χ0v) is 8.43. The van der Waals surface area contributed by atoms with E-state index in [0.29, 0.717) is 0 Å². The van der Waals surface area contributed by atoms with Crippen LogP contribution in [0.3, 0.4) is 0 Å². The lowest BCUT2D eigenvalue weighted by Gasteiger charge is -1.94. The Hall–Kier alpha value is 0.440. The van der Waals surface area contributed by atoms with Crippen molar-refractivity contribution in [1.82, 2.24) is 0 Å². The summed E-state index contributed by atoms with van der Waals surface area (Å²) in [6.07, 6.45) is 6.97. The zero-order chi connectivity index (χ0) is 7.66. The number of unbranched alkanes of at least 4 members (excludes halogenated alkanes) is 1. The number of hydrogen-bond acceptors (Lipinski definition) is 2. The lowest BCUT2D eigenvalue weighted by molar-refractivity contribution is 0.898. The van der Waals surface area contributed by atoms with E-state index in [4.69, 9.17) is 0 Å². The fourth-order valence-corrected chi connectivity index (χ4v) is 2.57. The van der Waals surface area contributed by atoms with Crippen LogP contribution in [-0.4, -0.2) is 11.5 Å². The molecule has 0 atom stereocenters. The van der Waals surface area contributed by atoms with E-state index in [1.807, 2.05) is 21.6 Å². The van der Waals surface area contributed by atoms with Gasteiger partial charge >= 0.3 is 0 Å². The predicted octanol–water partition coefficient (Wildman–Crippen LogP) is 3.74. The van der Waals surface area contributed by atoms with Gasteiger partial charge in [0, 0.05) is 11.5 Å². The van der Waals surface area contributed by atoms with Gasteiger partial charge in [-0.05, 0) is 13.3 Å². The molecule has 0 bridgehead atoms. The summed E-state index contributed by atoms with van der Waals surface area (Å²) in [5.74, 6) is 2.46. The molecular weight excluding hydrogens is 160 g/mol. The topological polar surface area (TPSA) is 0 Å². The van der Waals surface area contributed by atoms with Crippen LogP contribution in [0.25, 0.3) is 0 Å². The molecular formula is C8H16S2. The first-order valence-corrected chi connectivity index (χ1v) is 6.26. The highest BCUT2D eigenvalue weighted by Crippen LogP contribution is 2.21. The zero-order valence-electron chi connectivity index (χ0n) is 6.80. The van der Waals surface area contributed by atoms with Crippen LogP contribution in [0.15, 0.2) is 12.2 Å². The lowest BCUT2D eigenvalue weighted by Crippen LogP contribution is -1.73. The molecule has 0 aromatic heterocycles. The lowest BCUT2D eigenvalue weighted by atomic mass is 10.4. The Kier molecular flexibility index (Phi) is 9.86. The van der Waals surface area contributed by atoms with Crippen LogP contribution in [0.4, 0.5) is 0 Å². The summed E-state index contributed by atoms with van der Waals surface area (Å²) >= 11 is 0. The van der Waals surface area contributed by atoms with Crippen LogP contribution >= 0.6 is 21.6 Å². The van der Waals surface area contributed by atoms with Crippen molar-refractivity contribution >= 4 is 21.6 Å². The summed E-state index contributed by atoms with van der Waals surface area (Å²) in [6, 6.07) is 0. The van der Waals surface area contributed by atoms with E-state index in [-0.39, 0.29) is 0 Å². The molecule has 60 valence electrons. The van der Waals surface area contributed by atoms with E-state index < -0.39 is 0 Å². The van der Waals surface area contributed by atoms with Gasteiger partial charge in [0.15, 0.2) is 0 Å². The standard InChI is InChI=1S/C8H16S2/c1-3-5-7-9-10-8-6-4-2/h3,5H,4,6-8H2,1-2H3/b5-3+. The van der Waals surface area contributed by atoms with E-state index in [1.54, 1.807) is 0 Å². The number of rotatable bonds is 6. The molecule has 0 aromatic carbocycles. The highest BCUT2D eigenvalue weighted by Gasteiger charge is 1.85. The average molecular weight is 176 g/mol. The second kappa shape index (κ2) is 9.44. The second-order valence-electron chi connectivity index (χ2n) is 2.03. The van der Waals surface area contributed by atoms with Crippen LogP contribution in [0.1, 0.15) is 26.7 Å². The van der Waals surface area contributed by atoms with Crippen LogP contribution in [0.5, 0.6) is 0 Å². The first-order valence-electron chi connectivity index (χ1n) is 3.77. The van der Waals surface area contributed by atoms with Gasteiger partial charge in [-0.25, -0.2) is 0 Å². The SMILES string of the molecule is C/C=C/CSSCCCC. The van der Waals surface area contributed by atoms with Gasteiger partial charge < -0.3 is 0 Å². The van der Waals surface area contributed by atoms with Crippen LogP contribution < -0.4 is 0 Å². The van der Waals surface area contributed by atoms with Gasteiger partial charge in [0.2, 0.25) is 0 Å². The van der Waals surface area contributed by atoms with Crippen molar-refractivity contribution in [3.8, 4) is 0 Å². The Morgan fingerprint density at radius 1 is 1.30 bits per heavy atom. The molecule has 0 unspecified atom stereocenters. The van der Waals surface area contributed by atoms with Gasteiger partial charge in [-0.3, -0.25) is 0 Å². The number of allylic oxidation sites excluding steroid dienone is 1. The van der Waals surface area contributed by atoms with Crippen molar-refractivity contribution in [2.24, 2.45) is 0 Å². The van der Waals surface area contributed by atoms with Crippen molar-refractivity contribution in [2.75, 3.05) is 11.5 Å². The average Bonchev–Trinajstić information content (AvgIpc) is 1.97. The van der Waals surface area contributed by atoms with Gasteiger partial charge in [0.05, 0.1) is 0 Å². The van der Waals surface area contributed by atoms with Crippen molar-refractivity contribution in [1.29, 1.82) is 0 Å². The van der Waals surface area contributed by atoms with Crippen LogP contribution in [-0.2, 0) is 0 Å². The molecule has 0 spiro atoms. The highest BCUT2D eigenvalue weighted by molar-refractivity contribution is 8.76. The summed E-state index contributed by atoms with van der Waals surface area (Å²) in [7, 11) is 3.93. The molecule has 0 nitrogen and oxygen atoms in total. The van der Waals surface area contributed by atoms with E-state index in [9.17, 15) is 0 Å². The third-order valence-electron chi connectivity index (χ3n) is 1.06. The highest BCUT2D eigenvalue weighted by atomic mass is 33.1. The Morgan fingerprint density at radius 2 is 2.10 bits per heavy atom. The Balaban J connectivity index is 2.77. The number of hydrogen-bond donors (Lipinski definition) is 0. The monoisotopic (exact) mass is 176 g/mol. The fourth-order valence-electron chi connectivity index (χ4n) is 0.446. The summed E-state index contributed by atoms with van der Waals surface area (Å²) < 4.78 is 0. The first kappa shape index (κ1) is 10.4. The van der Waals surface area contributed by atoms with Crippen molar-refractivity contribution in [3.05, 3.63) is 12.2 Å². The van der Waals surface area contributed by atoms with Crippen molar-refractivity contribution in [2.45, 2.75) is 26.7 Å². The summed E-state index contributed by atoms with van der Waals surface area (Å²) in [4.78, 5) is 0. The van der Waals surface area contributed by atoms with Crippen molar-refractivity contribution in [3.63, 3.8) is 0 Å². The van der Waals surface area contributed by atoms with Gasteiger partial charge in [-0.15, -0.1) is 0 Å². The molecule has 0 heterocycles. The first-order chi connectivity index (χ1) is 4.91. The molecule has 0 saturated carbocycles. The molecule has 0 radical (unpaired) electrons. The Morgan fingerprint density at radius 3 is 2.70 bits per heavy atom. The van der Waals surface area contributed by atoms with Gasteiger partial charge in [-0.2, -0.15) is 0 Å². The molecule has 0 aliphatic carbocycles. The summed E-state index contributed by atoms with van der Waals surface area (Å²) in [5.41, 5.74) is 0. The van der Waals surface area contributed by atoms with Crippen molar-refractivity contribution < 1.29 is 0 Å². The quantitative estimate of drug-likeness (QED) is 0.343. The summed E-state index contributed by atoms with van der Waals surface area (Å²) in [5, 5.41) is 0. The van der Waals surface area contributed by atoms with Gasteiger partial charge in [0.25, 0.3) is 0 Å². The third-order valence-corrected chi connectivity index (χ3v) is 3.42. The predicted molar refractivity (Wildman–Crippen MR) is 54.6 cm³/mol. The van der Waals surface area contributed by atoms with E-state index >= 15 is 0 Å². The minimum absolute atomic E-state index is 1.16. The second-order valence-corrected chi connectivity index (χ2v) is 4.66. The smallest absolute Gasteiger partial charge is 0.0217 e. The molecule has 0 aliphatic rings. The largest absolute Gasteiger partial charge is 0.0938 e. The third kappa shape index (κ3) is 8.44. The molecule has 0 saturated heterocycles. The maximum atomic E-state index is 2.23. The normalized spacial score (nSPS) is 11.0. The molecule has 0 fully saturated rings. The fraction of sp³-hybridized carbons (Fsp3) is 0.750. The van der Waals surface area contributed by atoms with E-state index in [0.717, 1.165) is 5.75 Å². The molecule has 10 heavy (non-hydrogen) atoms. The van der Waals surface area contributed by atoms with E-state index in [1.165, 1.54) is 18.6 Å². The van der Waals surface area contributed by atoms with Gasteiger partial charge in [-0.1, -0.05) is 47.1 Å². The molecule has 0 N–H and O–H groups in total. The minimum atomic E-state index is 1.16. The van der Waals surface area contributed by atoms with Crippen LogP contribution in [0, 0.1) is 0 Å². The summed E-state index contributed by atoms with van der Waals surface area (Å²) in [6.45, 7) is 4.30. The molecule has 0 aliphatic heterocycles.